The van der Waals surface area contributed by atoms with Gasteiger partial charge in [0.1, 0.15) is 0 Å². The van der Waals surface area contributed by atoms with Crippen molar-refractivity contribution in [3.8, 4) is 22.5 Å². The van der Waals surface area contributed by atoms with Crippen molar-refractivity contribution < 1.29 is 27.6 Å². The van der Waals surface area contributed by atoms with Gasteiger partial charge >= 0.3 is 17.5 Å². The van der Waals surface area contributed by atoms with Gasteiger partial charge in [0.2, 0.25) is 0 Å². The van der Waals surface area contributed by atoms with Crippen LogP contribution in [0.1, 0.15) is 39.9 Å². The lowest BCUT2D eigenvalue weighted by Gasteiger charge is -2.32. The Labute approximate surface area is 244 Å². The lowest BCUT2D eigenvalue weighted by Crippen LogP contribution is -2.37. The normalized spacial score (nSPS) is 12.5. The molecule has 3 heterocycles. The van der Waals surface area contributed by atoms with Crippen LogP contribution in [0.4, 0.5) is 5.69 Å². The largest absolute Gasteiger partial charge is 0.519 e. The third-order valence-corrected chi connectivity index (χ3v) is 6.90. The molecule has 0 aliphatic carbocycles. The Bertz CT molecular complexity index is 1930. The van der Waals surface area contributed by atoms with E-state index in [0.717, 1.165) is 27.8 Å². The topological polar surface area (TPSA) is 153 Å². The molecule has 0 saturated carbocycles. The van der Waals surface area contributed by atoms with Crippen LogP contribution in [0.25, 0.3) is 22.5 Å². The van der Waals surface area contributed by atoms with Crippen LogP contribution in [0.2, 0.25) is 0 Å². The number of esters is 1. The molecular weight excluding hydrogens is 556 g/mol. The number of aryl methyl sites for hydroxylation is 1. The zero-order valence-electron chi connectivity index (χ0n) is 23.3. The van der Waals surface area contributed by atoms with Crippen LogP contribution in [-0.2, 0) is 29.2 Å². The molecule has 43 heavy (non-hydrogen) atoms. The van der Waals surface area contributed by atoms with Crippen molar-refractivity contribution in [2.75, 3.05) is 11.5 Å². The summed E-state index contributed by atoms with van der Waals surface area (Å²) in [6, 6.07) is 21.2. The van der Waals surface area contributed by atoms with E-state index >= 15 is 0 Å². The van der Waals surface area contributed by atoms with Crippen molar-refractivity contribution in [1.29, 1.82) is 0 Å². The van der Waals surface area contributed by atoms with Gasteiger partial charge in [0, 0.05) is 5.56 Å². The fraction of sp³-hybridized carbons (Fsp3) is 0.194. The van der Waals surface area contributed by atoms with E-state index in [2.05, 4.69) is 15.1 Å². The molecule has 1 aliphatic rings. The minimum absolute atomic E-state index is 0.146. The Kier molecular flexibility index (Phi) is 7.48. The summed E-state index contributed by atoms with van der Waals surface area (Å²) in [6.45, 7) is 4.24. The molecule has 0 unspecified atom stereocenters. The van der Waals surface area contributed by atoms with Gasteiger partial charge < -0.3 is 18.3 Å². The fourth-order valence-corrected chi connectivity index (χ4v) is 4.91. The summed E-state index contributed by atoms with van der Waals surface area (Å²) in [6.07, 6.45) is 0. The monoisotopic (exact) mass is 582 g/mol. The van der Waals surface area contributed by atoms with Gasteiger partial charge in [-0.2, -0.15) is 0 Å². The maximum absolute atomic E-state index is 13.3. The molecule has 1 aliphatic heterocycles. The lowest BCUT2D eigenvalue weighted by molar-refractivity contribution is 0.0443. The highest BCUT2D eigenvalue weighted by Crippen LogP contribution is 2.34. The summed E-state index contributed by atoms with van der Waals surface area (Å²) in [5, 5.41) is 3.83. The first kappa shape index (κ1) is 27.5. The van der Waals surface area contributed by atoms with E-state index in [1.165, 1.54) is 0 Å². The number of nitrogens with one attached hydrogen (secondary N) is 1. The van der Waals surface area contributed by atoms with Crippen molar-refractivity contribution in [1.82, 2.24) is 10.1 Å². The molecule has 0 radical (unpaired) electrons. The Morgan fingerprint density at radius 2 is 1.79 bits per heavy atom. The first-order valence-electron chi connectivity index (χ1n) is 13.5. The molecule has 1 N–H and O–H groups in total. The standard InChI is InChI=1S/C31H26N4O8/c1-3-39-29-32-15-21-7-6-10-24(28(36)40-17-25-18(2)41-31(38)42-25)26(21)35(29)16-19-11-13-20(14-12-19)22-8-4-5-9-23(22)27-33-30(37)43-34-27/h4-14H,3,15-17H2,1-2H3,(H,33,34,37). The molecule has 5 aromatic rings. The number of amidine groups is 1. The molecule has 218 valence electrons. The Balaban J connectivity index is 1.29. The molecule has 0 bridgehead atoms. The van der Waals surface area contributed by atoms with Crippen molar-refractivity contribution in [3.63, 3.8) is 0 Å². The number of rotatable bonds is 8. The van der Waals surface area contributed by atoms with Crippen LogP contribution in [0.3, 0.4) is 0 Å². The van der Waals surface area contributed by atoms with E-state index in [4.69, 9.17) is 22.8 Å². The zero-order chi connectivity index (χ0) is 29.9. The summed E-state index contributed by atoms with van der Waals surface area (Å²) in [5.74, 6) is -1.33. The first-order valence-corrected chi connectivity index (χ1v) is 13.5. The van der Waals surface area contributed by atoms with E-state index in [1.54, 1.807) is 19.1 Å². The molecule has 12 nitrogen and oxygen atoms in total. The predicted molar refractivity (Wildman–Crippen MR) is 154 cm³/mol. The van der Waals surface area contributed by atoms with Gasteiger partial charge in [0.05, 0.1) is 30.9 Å². The number of hydrogen-bond donors (Lipinski definition) is 1. The second kappa shape index (κ2) is 11.7. The molecule has 0 amide bonds. The molecule has 2 aromatic heterocycles. The molecule has 12 heteroatoms. The van der Waals surface area contributed by atoms with Crippen LogP contribution in [-0.4, -0.2) is 28.7 Å². The van der Waals surface area contributed by atoms with Crippen LogP contribution >= 0.6 is 0 Å². The van der Waals surface area contributed by atoms with Crippen LogP contribution in [0.5, 0.6) is 0 Å². The third kappa shape index (κ3) is 5.62. The van der Waals surface area contributed by atoms with E-state index in [1.807, 2.05) is 66.4 Å². The Morgan fingerprint density at radius 1 is 1.00 bits per heavy atom. The summed E-state index contributed by atoms with van der Waals surface area (Å²) < 4.78 is 25.9. The van der Waals surface area contributed by atoms with Gasteiger partial charge in [-0.15, -0.1) is 0 Å². The smallest absolute Gasteiger partial charge is 0.465 e. The van der Waals surface area contributed by atoms with Crippen molar-refractivity contribution in [2.45, 2.75) is 33.5 Å². The first-order chi connectivity index (χ1) is 20.9. The van der Waals surface area contributed by atoms with Gasteiger partial charge in [-0.3, -0.25) is 14.4 Å². The maximum atomic E-state index is 13.3. The number of anilines is 1. The minimum Gasteiger partial charge on any atom is -0.465 e. The third-order valence-electron chi connectivity index (χ3n) is 6.90. The van der Waals surface area contributed by atoms with Crippen molar-refractivity contribution in [3.05, 3.63) is 116 Å². The van der Waals surface area contributed by atoms with Gasteiger partial charge in [-0.05, 0) is 42.2 Å². The second-order valence-corrected chi connectivity index (χ2v) is 9.63. The number of para-hydroxylation sites is 1. The highest BCUT2D eigenvalue weighted by atomic mass is 16.6. The molecule has 3 aromatic carbocycles. The van der Waals surface area contributed by atoms with E-state index < -0.39 is 17.5 Å². The number of carbonyl (C=O) groups excluding carboxylic acids is 1. The second-order valence-electron chi connectivity index (χ2n) is 9.63. The van der Waals surface area contributed by atoms with Crippen molar-refractivity contribution in [2.24, 2.45) is 4.99 Å². The molecule has 6 rings (SSSR count). The van der Waals surface area contributed by atoms with Crippen LogP contribution < -0.4 is 16.5 Å². The summed E-state index contributed by atoms with van der Waals surface area (Å²) >= 11 is 0. The lowest BCUT2D eigenvalue weighted by atomic mass is 9.98. The SMILES string of the molecule is CCOC1=NCc2cccc(C(=O)OCc3oc(=O)oc3C)c2N1Cc1ccc(-c2ccccc2-c2noc(=O)[nH]2)cc1. The maximum Gasteiger partial charge on any atom is 0.519 e. The summed E-state index contributed by atoms with van der Waals surface area (Å²) in [4.78, 5) is 45.3. The minimum atomic E-state index is -0.855. The predicted octanol–water partition coefficient (Wildman–Crippen LogP) is 4.82. The van der Waals surface area contributed by atoms with Crippen molar-refractivity contribution >= 4 is 17.7 Å². The Morgan fingerprint density at radius 3 is 2.49 bits per heavy atom. The van der Waals surface area contributed by atoms with Crippen LogP contribution in [0, 0.1) is 6.92 Å². The van der Waals surface area contributed by atoms with Gasteiger partial charge in [0.25, 0.3) is 6.02 Å². The highest BCUT2D eigenvalue weighted by Gasteiger charge is 2.29. The molecule has 0 spiro atoms. The molecule has 0 atom stereocenters. The van der Waals surface area contributed by atoms with Gasteiger partial charge in [-0.1, -0.05) is 65.8 Å². The number of nitrogens with zero attached hydrogens (tertiary/aromatic N) is 3. The number of aromatic amines is 1. The number of aromatic nitrogens is 2. The number of carbonyl (C=O) groups is 1. The number of H-pyrrole nitrogens is 1. The number of benzene rings is 3. The van der Waals surface area contributed by atoms with E-state index in [0.29, 0.717) is 42.8 Å². The molecule has 0 saturated heterocycles. The van der Waals surface area contributed by atoms with E-state index in [-0.39, 0.29) is 18.1 Å². The number of fused-ring (bicyclic) bond motifs is 1. The van der Waals surface area contributed by atoms with Gasteiger partial charge in [-0.25, -0.2) is 19.4 Å². The average molecular weight is 583 g/mol. The number of hydrogen-bond acceptors (Lipinski definition) is 11. The van der Waals surface area contributed by atoms with Crippen LogP contribution in [0.15, 0.2) is 94.7 Å². The van der Waals surface area contributed by atoms with E-state index in [9.17, 15) is 14.4 Å². The summed E-state index contributed by atoms with van der Waals surface area (Å²) in [7, 11) is 0. The summed E-state index contributed by atoms with van der Waals surface area (Å²) in [5.41, 5.74) is 5.20. The molecule has 0 fully saturated rings. The average Bonchev–Trinajstić information content (AvgIpc) is 3.60. The zero-order valence-corrected chi connectivity index (χ0v) is 23.3. The number of aliphatic imine (C=N–C) groups is 1. The number of ether oxygens (including phenoxy) is 2. The fourth-order valence-electron chi connectivity index (χ4n) is 4.91. The Hall–Kier alpha value is -5.65. The molecular formula is C31H26N4O8. The highest BCUT2D eigenvalue weighted by molar-refractivity contribution is 6.04. The van der Waals surface area contributed by atoms with Gasteiger partial charge in [0.15, 0.2) is 24.0 Å². The quantitative estimate of drug-likeness (QED) is 0.252.